The SMILES string of the molecule is Cc1nn(CC(=O)C2CC2)cc1C(C)C. The molecule has 0 spiro atoms. The largest absolute Gasteiger partial charge is 0.297 e. The van der Waals surface area contributed by atoms with Gasteiger partial charge in [0.05, 0.1) is 12.2 Å². The van der Waals surface area contributed by atoms with Gasteiger partial charge in [-0.25, -0.2) is 0 Å². The number of aryl methyl sites for hydroxylation is 1. The van der Waals surface area contributed by atoms with E-state index in [9.17, 15) is 4.79 Å². The molecule has 1 heterocycles. The number of rotatable bonds is 4. The van der Waals surface area contributed by atoms with Crippen molar-refractivity contribution >= 4 is 5.78 Å². The Balaban J connectivity index is 2.08. The summed E-state index contributed by atoms with van der Waals surface area (Å²) >= 11 is 0. The van der Waals surface area contributed by atoms with E-state index in [-0.39, 0.29) is 0 Å². The zero-order chi connectivity index (χ0) is 11.0. The van der Waals surface area contributed by atoms with Crippen molar-refractivity contribution in [1.29, 1.82) is 0 Å². The Hall–Kier alpha value is -1.12. The Bertz CT molecular complexity index is 375. The molecule has 1 aliphatic rings. The highest BCUT2D eigenvalue weighted by molar-refractivity contribution is 5.82. The second kappa shape index (κ2) is 3.80. The molecule has 0 atom stereocenters. The van der Waals surface area contributed by atoms with E-state index in [0.29, 0.717) is 24.2 Å². The van der Waals surface area contributed by atoms with Gasteiger partial charge in [-0.2, -0.15) is 5.10 Å². The molecular weight excluding hydrogens is 188 g/mol. The molecular formula is C12H18N2O. The molecule has 0 bridgehead atoms. The van der Waals surface area contributed by atoms with Gasteiger partial charge in [-0.05, 0) is 31.2 Å². The first-order valence-electron chi connectivity index (χ1n) is 5.64. The molecule has 3 heteroatoms. The van der Waals surface area contributed by atoms with Crippen LogP contribution in [-0.2, 0) is 11.3 Å². The van der Waals surface area contributed by atoms with Crippen LogP contribution in [0.15, 0.2) is 6.20 Å². The first-order chi connectivity index (χ1) is 7.08. The number of Topliss-reactive ketones (excluding diaryl/α,β-unsaturated/α-hetero) is 1. The smallest absolute Gasteiger partial charge is 0.157 e. The van der Waals surface area contributed by atoms with E-state index >= 15 is 0 Å². The maximum atomic E-state index is 11.6. The van der Waals surface area contributed by atoms with Crippen LogP contribution in [-0.4, -0.2) is 15.6 Å². The summed E-state index contributed by atoms with van der Waals surface area (Å²) in [4.78, 5) is 11.6. The van der Waals surface area contributed by atoms with Crippen LogP contribution in [0.25, 0.3) is 0 Å². The number of carbonyl (C=O) groups excluding carboxylic acids is 1. The molecule has 82 valence electrons. The molecule has 1 fully saturated rings. The van der Waals surface area contributed by atoms with Gasteiger partial charge >= 0.3 is 0 Å². The van der Waals surface area contributed by atoms with Gasteiger partial charge in [0.1, 0.15) is 0 Å². The molecule has 2 rings (SSSR count). The monoisotopic (exact) mass is 206 g/mol. The van der Waals surface area contributed by atoms with Crippen molar-refractivity contribution < 1.29 is 4.79 Å². The minimum atomic E-state index is 0.331. The fourth-order valence-corrected chi connectivity index (χ4v) is 1.88. The standard InChI is InChI=1S/C12H18N2O/c1-8(2)11-6-14(13-9(11)3)7-12(15)10-4-5-10/h6,8,10H,4-5,7H2,1-3H3. The van der Waals surface area contributed by atoms with Gasteiger partial charge in [0.25, 0.3) is 0 Å². The highest BCUT2D eigenvalue weighted by Crippen LogP contribution is 2.30. The fraction of sp³-hybridized carbons (Fsp3) is 0.667. The molecule has 1 aliphatic carbocycles. The molecule has 0 saturated heterocycles. The lowest BCUT2D eigenvalue weighted by Crippen LogP contribution is -2.12. The van der Waals surface area contributed by atoms with Crippen molar-refractivity contribution in [3.8, 4) is 0 Å². The Labute approximate surface area is 90.5 Å². The average Bonchev–Trinajstić information content (AvgIpc) is 2.91. The van der Waals surface area contributed by atoms with Gasteiger partial charge in [-0.1, -0.05) is 13.8 Å². The van der Waals surface area contributed by atoms with Crippen LogP contribution < -0.4 is 0 Å². The lowest BCUT2D eigenvalue weighted by molar-refractivity contribution is -0.120. The van der Waals surface area contributed by atoms with Gasteiger partial charge in [-0.15, -0.1) is 0 Å². The quantitative estimate of drug-likeness (QED) is 0.757. The van der Waals surface area contributed by atoms with Crippen LogP contribution in [0.1, 0.15) is 43.9 Å². The summed E-state index contributed by atoms with van der Waals surface area (Å²) in [5.41, 5.74) is 2.30. The maximum Gasteiger partial charge on any atom is 0.157 e. The number of carbonyl (C=O) groups is 1. The zero-order valence-corrected chi connectivity index (χ0v) is 9.66. The van der Waals surface area contributed by atoms with Crippen molar-refractivity contribution in [2.45, 2.75) is 46.1 Å². The molecule has 1 aromatic rings. The second-order valence-electron chi connectivity index (χ2n) is 4.76. The minimum Gasteiger partial charge on any atom is -0.297 e. The van der Waals surface area contributed by atoms with E-state index in [1.807, 2.05) is 13.1 Å². The second-order valence-corrected chi connectivity index (χ2v) is 4.76. The van der Waals surface area contributed by atoms with Crippen LogP contribution in [0.2, 0.25) is 0 Å². The van der Waals surface area contributed by atoms with Gasteiger partial charge in [0, 0.05) is 12.1 Å². The first-order valence-corrected chi connectivity index (χ1v) is 5.64. The minimum absolute atomic E-state index is 0.331. The van der Waals surface area contributed by atoms with Crippen LogP contribution in [0, 0.1) is 12.8 Å². The Morgan fingerprint density at radius 3 is 2.73 bits per heavy atom. The average molecular weight is 206 g/mol. The zero-order valence-electron chi connectivity index (χ0n) is 9.66. The van der Waals surface area contributed by atoms with E-state index in [4.69, 9.17) is 0 Å². The van der Waals surface area contributed by atoms with E-state index in [1.54, 1.807) is 4.68 Å². The summed E-state index contributed by atoms with van der Waals surface area (Å²) in [6, 6.07) is 0. The van der Waals surface area contributed by atoms with Crippen molar-refractivity contribution in [2.24, 2.45) is 5.92 Å². The molecule has 0 amide bonds. The predicted octanol–water partition coefficient (Wildman–Crippen LogP) is 2.29. The number of aromatic nitrogens is 2. The summed E-state index contributed by atoms with van der Waals surface area (Å²) in [7, 11) is 0. The molecule has 15 heavy (non-hydrogen) atoms. The van der Waals surface area contributed by atoms with Crippen LogP contribution >= 0.6 is 0 Å². The van der Waals surface area contributed by atoms with E-state index < -0.39 is 0 Å². The lowest BCUT2D eigenvalue weighted by atomic mass is 10.1. The molecule has 0 radical (unpaired) electrons. The molecule has 0 aromatic carbocycles. The summed E-state index contributed by atoms with van der Waals surface area (Å²) in [6.07, 6.45) is 4.17. The summed E-state index contributed by atoms with van der Waals surface area (Å²) in [5.74, 6) is 1.15. The lowest BCUT2D eigenvalue weighted by Gasteiger charge is -2.00. The molecule has 1 aromatic heterocycles. The third kappa shape index (κ3) is 2.28. The van der Waals surface area contributed by atoms with Crippen molar-refractivity contribution in [3.05, 3.63) is 17.5 Å². The number of hydrogen-bond acceptors (Lipinski definition) is 2. The van der Waals surface area contributed by atoms with Crippen LogP contribution in [0.4, 0.5) is 0 Å². The van der Waals surface area contributed by atoms with Crippen molar-refractivity contribution in [3.63, 3.8) is 0 Å². The number of nitrogens with zero attached hydrogens (tertiary/aromatic N) is 2. The highest BCUT2D eigenvalue weighted by atomic mass is 16.1. The highest BCUT2D eigenvalue weighted by Gasteiger charge is 2.29. The van der Waals surface area contributed by atoms with Crippen molar-refractivity contribution in [1.82, 2.24) is 9.78 Å². The molecule has 0 aliphatic heterocycles. The first kappa shape index (κ1) is 10.4. The third-order valence-electron chi connectivity index (χ3n) is 2.96. The van der Waals surface area contributed by atoms with Gasteiger partial charge in [-0.3, -0.25) is 9.48 Å². The Kier molecular flexibility index (Phi) is 2.63. The van der Waals surface area contributed by atoms with Crippen LogP contribution in [0.3, 0.4) is 0 Å². The topological polar surface area (TPSA) is 34.9 Å². The fourth-order valence-electron chi connectivity index (χ4n) is 1.88. The van der Waals surface area contributed by atoms with E-state index in [1.165, 1.54) is 5.56 Å². The summed E-state index contributed by atoms with van der Waals surface area (Å²) in [6.45, 7) is 6.76. The van der Waals surface area contributed by atoms with Gasteiger partial charge in [0.15, 0.2) is 5.78 Å². The van der Waals surface area contributed by atoms with E-state index in [0.717, 1.165) is 18.5 Å². The molecule has 1 saturated carbocycles. The molecule has 0 unspecified atom stereocenters. The Morgan fingerprint density at radius 2 is 2.27 bits per heavy atom. The molecule has 3 nitrogen and oxygen atoms in total. The van der Waals surface area contributed by atoms with Crippen molar-refractivity contribution in [2.75, 3.05) is 0 Å². The number of ketones is 1. The van der Waals surface area contributed by atoms with Gasteiger partial charge in [0.2, 0.25) is 0 Å². The van der Waals surface area contributed by atoms with Gasteiger partial charge < -0.3 is 0 Å². The maximum absolute atomic E-state index is 11.6. The number of hydrogen-bond donors (Lipinski definition) is 0. The summed E-state index contributed by atoms with van der Waals surface area (Å²) in [5, 5.41) is 4.38. The van der Waals surface area contributed by atoms with E-state index in [2.05, 4.69) is 18.9 Å². The predicted molar refractivity (Wildman–Crippen MR) is 58.8 cm³/mol. The normalized spacial score (nSPS) is 16.0. The third-order valence-corrected chi connectivity index (χ3v) is 2.96. The molecule has 0 N–H and O–H groups in total. The Morgan fingerprint density at radius 1 is 1.60 bits per heavy atom. The summed E-state index contributed by atoms with van der Waals surface area (Å²) < 4.78 is 1.80. The van der Waals surface area contributed by atoms with Crippen LogP contribution in [0.5, 0.6) is 0 Å².